The standard InChI is InChI=1S/C16H16N2O3/c17-10-9-11-5-7-12(8-6-11)18-15(19)13-3-1-2-4-14(13)16(20)21/h3,5-8,14H,1-2,4,9H2,(H,18,19)(H,20,21)/t14-/m1/s1. The highest BCUT2D eigenvalue weighted by atomic mass is 16.4. The Bertz CT molecular complexity index is 611. The normalized spacial score (nSPS) is 17.5. The number of carboxylic acid groups (broad SMARTS) is 1. The molecule has 1 atom stereocenters. The highest BCUT2D eigenvalue weighted by Crippen LogP contribution is 2.26. The first-order valence-electron chi connectivity index (χ1n) is 6.82. The van der Waals surface area contributed by atoms with Crippen LogP contribution in [0.25, 0.3) is 0 Å². The molecule has 0 unspecified atom stereocenters. The third-order valence-corrected chi connectivity index (χ3v) is 3.49. The number of rotatable bonds is 4. The molecule has 0 saturated carbocycles. The molecule has 1 aliphatic carbocycles. The fraction of sp³-hybridized carbons (Fsp3) is 0.312. The van der Waals surface area contributed by atoms with Crippen molar-refractivity contribution >= 4 is 17.6 Å². The Morgan fingerprint density at radius 2 is 2.05 bits per heavy atom. The molecule has 0 saturated heterocycles. The predicted octanol–water partition coefficient (Wildman–Crippen LogP) is 2.50. The lowest BCUT2D eigenvalue weighted by Crippen LogP contribution is -2.27. The summed E-state index contributed by atoms with van der Waals surface area (Å²) in [5.74, 6) is -2.05. The van der Waals surface area contributed by atoms with Gasteiger partial charge < -0.3 is 10.4 Å². The zero-order valence-corrected chi connectivity index (χ0v) is 11.5. The van der Waals surface area contributed by atoms with Gasteiger partial charge >= 0.3 is 5.97 Å². The van der Waals surface area contributed by atoms with Crippen LogP contribution in [0.5, 0.6) is 0 Å². The Balaban J connectivity index is 2.08. The fourth-order valence-corrected chi connectivity index (χ4v) is 2.39. The highest BCUT2D eigenvalue weighted by molar-refractivity contribution is 6.07. The molecule has 0 aromatic heterocycles. The van der Waals surface area contributed by atoms with Crippen LogP contribution in [0.15, 0.2) is 35.9 Å². The number of nitriles is 1. The first-order valence-corrected chi connectivity index (χ1v) is 6.82. The van der Waals surface area contributed by atoms with E-state index in [-0.39, 0.29) is 5.91 Å². The number of hydrogen-bond acceptors (Lipinski definition) is 3. The SMILES string of the molecule is N#CCc1ccc(NC(=O)C2=CCCC[C@H]2C(=O)O)cc1. The molecule has 108 valence electrons. The monoisotopic (exact) mass is 284 g/mol. The summed E-state index contributed by atoms with van der Waals surface area (Å²) in [5, 5.41) is 20.5. The summed E-state index contributed by atoms with van der Waals surface area (Å²) in [5.41, 5.74) is 1.79. The van der Waals surface area contributed by atoms with Gasteiger partial charge in [-0.2, -0.15) is 5.26 Å². The van der Waals surface area contributed by atoms with Crippen LogP contribution in [-0.2, 0) is 16.0 Å². The Morgan fingerprint density at radius 1 is 1.33 bits per heavy atom. The first kappa shape index (κ1) is 14.8. The minimum Gasteiger partial charge on any atom is -0.481 e. The van der Waals surface area contributed by atoms with Crippen molar-refractivity contribution in [2.45, 2.75) is 25.7 Å². The molecule has 0 bridgehead atoms. The number of anilines is 1. The first-order chi connectivity index (χ1) is 10.1. The third kappa shape index (κ3) is 3.69. The summed E-state index contributed by atoms with van der Waals surface area (Å²) < 4.78 is 0. The van der Waals surface area contributed by atoms with E-state index in [1.54, 1.807) is 30.3 Å². The number of hydrogen-bond donors (Lipinski definition) is 2. The molecule has 1 aromatic rings. The van der Waals surface area contributed by atoms with E-state index in [0.29, 0.717) is 24.1 Å². The van der Waals surface area contributed by atoms with Crippen LogP contribution in [0.4, 0.5) is 5.69 Å². The van der Waals surface area contributed by atoms with E-state index >= 15 is 0 Å². The van der Waals surface area contributed by atoms with E-state index in [2.05, 4.69) is 11.4 Å². The number of aliphatic carboxylic acids is 1. The van der Waals surface area contributed by atoms with Gasteiger partial charge in [-0.3, -0.25) is 9.59 Å². The summed E-state index contributed by atoms with van der Waals surface area (Å²) in [7, 11) is 0. The molecule has 1 aliphatic rings. The quantitative estimate of drug-likeness (QED) is 0.888. The summed E-state index contributed by atoms with van der Waals surface area (Å²) >= 11 is 0. The lowest BCUT2D eigenvalue weighted by Gasteiger charge is -2.20. The molecule has 1 amide bonds. The number of benzene rings is 1. The van der Waals surface area contributed by atoms with Gasteiger partial charge in [-0.25, -0.2) is 0 Å². The summed E-state index contributed by atoms with van der Waals surface area (Å²) in [6.45, 7) is 0. The molecule has 0 aliphatic heterocycles. The zero-order valence-electron chi connectivity index (χ0n) is 11.5. The third-order valence-electron chi connectivity index (χ3n) is 3.49. The number of nitrogens with zero attached hydrogens (tertiary/aromatic N) is 1. The summed E-state index contributed by atoms with van der Waals surface area (Å²) in [4.78, 5) is 23.4. The molecule has 0 fully saturated rings. The van der Waals surface area contributed by atoms with Crippen molar-refractivity contribution in [2.24, 2.45) is 5.92 Å². The van der Waals surface area contributed by atoms with Gasteiger partial charge in [0.2, 0.25) is 0 Å². The van der Waals surface area contributed by atoms with Crippen molar-refractivity contribution in [3.8, 4) is 6.07 Å². The molecule has 5 heteroatoms. The Morgan fingerprint density at radius 3 is 2.67 bits per heavy atom. The average molecular weight is 284 g/mol. The number of allylic oxidation sites excluding steroid dienone is 1. The van der Waals surface area contributed by atoms with Crippen LogP contribution >= 0.6 is 0 Å². The van der Waals surface area contributed by atoms with E-state index in [9.17, 15) is 9.59 Å². The van der Waals surface area contributed by atoms with Gasteiger partial charge in [0.05, 0.1) is 18.4 Å². The van der Waals surface area contributed by atoms with Gasteiger partial charge in [-0.1, -0.05) is 18.2 Å². The van der Waals surface area contributed by atoms with Crippen molar-refractivity contribution in [3.05, 3.63) is 41.5 Å². The fourth-order valence-electron chi connectivity index (χ4n) is 2.39. The van der Waals surface area contributed by atoms with Crippen LogP contribution in [-0.4, -0.2) is 17.0 Å². The largest absolute Gasteiger partial charge is 0.481 e. The zero-order chi connectivity index (χ0) is 15.2. The van der Waals surface area contributed by atoms with Crippen LogP contribution < -0.4 is 5.32 Å². The Kier molecular flexibility index (Phi) is 4.72. The van der Waals surface area contributed by atoms with E-state index in [0.717, 1.165) is 18.4 Å². The molecule has 0 radical (unpaired) electrons. The second kappa shape index (κ2) is 6.71. The molecule has 2 N–H and O–H groups in total. The van der Waals surface area contributed by atoms with Crippen LogP contribution in [0.2, 0.25) is 0 Å². The van der Waals surface area contributed by atoms with Gasteiger partial charge in [-0.15, -0.1) is 0 Å². The average Bonchev–Trinajstić information content (AvgIpc) is 2.49. The lowest BCUT2D eigenvalue weighted by atomic mass is 9.87. The van der Waals surface area contributed by atoms with Gasteiger partial charge in [0, 0.05) is 11.3 Å². The van der Waals surface area contributed by atoms with Crippen molar-refractivity contribution in [1.82, 2.24) is 0 Å². The minimum absolute atomic E-state index is 0.320. The number of amides is 1. The summed E-state index contributed by atoms with van der Waals surface area (Å²) in [6.07, 6.45) is 4.04. The van der Waals surface area contributed by atoms with Gasteiger partial charge in [0.15, 0.2) is 0 Å². The number of carbonyl (C=O) groups excluding carboxylic acids is 1. The van der Waals surface area contributed by atoms with E-state index < -0.39 is 11.9 Å². The Hall–Kier alpha value is -2.61. The van der Waals surface area contributed by atoms with Gasteiger partial charge in [0.25, 0.3) is 5.91 Å². The molecule has 1 aromatic carbocycles. The second-order valence-electron chi connectivity index (χ2n) is 4.97. The van der Waals surface area contributed by atoms with E-state index in [4.69, 9.17) is 10.4 Å². The van der Waals surface area contributed by atoms with Crippen molar-refractivity contribution < 1.29 is 14.7 Å². The number of nitrogens with one attached hydrogen (secondary N) is 1. The van der Waals surface area contributed by atoms with Gasteiger partial charge in [-0.05, 0) is 37.0 Å². The van der Waals surface area contributed by atoms with Gasteiger partial charge in [0.1, 0.15) is 0 Å². The molecule has 2 rings (SSSR count). The maximum atomic E-state index is 12.2. The molecular formula is C16H16N2O3. The summed E-state index contributed by atoms with van der Waals surface area (Å²) in [6, 6.07) is 9.01. The van der Waals surface area contributed by atoms with Crippen molar-refractivity contribution in [3.63, 3.8) is 0 Å². The van der Waals surface area contributed by atoms with E-state index in [1.165, 1.54) is 0 Å². The molecule has 0 heterocycles. The smallest absolute Gasteiger partial charge is 0.311 e. The maximum absolute atomic E-state index is 12.2. The minimum atomic E-state index is -0.958. The topological polar surface area (TPSA) is 90.2 Å². The highest BCUT2D eigenvalue weighted by Gasteiger charge is 2.29. The molecule has 0 spiro atoms. The number of carboxylic acids is 1. The van der Waals surface area contributed by atoms with Crippen LogP contribution in [0.3, 0.4) is 0 Å². The van der Waals surface area contributed by atoms with E-state index in [1.807, 2.05) is 0 Å². The van der Waals surface area contributed by atoms with Crippen molar-refractivity contribution in [1.29, 1.82) is 5.26 Å². The Labute approximate surface area is 122 Å². The predicted molar refractivity (Wildman–Crippen MR) is 77.4 cm³/mol. The van der Waals surface area contributed by atoms with Crippen LogP contribution in [0, 0.1) is 17.2 Å². The second-order valence-corrected chi connectivity index (χ2v) is 4.97. The van der Waals surface area contributed by atoms with Crippen LogP contribution in [0.1, 0.15) is 24.8 Å². The lowest BCUT2D eigenvalue weighted by molar-refractivity contribution is -0.141. The molecule has 21 heavy (non-hydrogen) atoms. The maximum Gasteiger partial charge on any atom is 0.311 e. The number of carbonyl (C=O) groups is 2. The molecular weight excluding hydrogens is 268 g/mol. The molecule has 5 nitrogen and oxygen atoms in total. The van der Waals surface area contributed by atoms with Crippen molar-refractivity contribution in [2.75, 3.05) is 5.32 Å².